The molecule has 2 rings (SSSR count). The smallest absolute Gasteiger partial charge is 0.114 e. The third kappa shape index (κ3) is 2.21. The van der Waals surface area contributed by atoms with Gasteiger partial charge >= 0.3 is 0 Å². The van der Waals surface area contributed by atoms with E-state index >= 15 is 0 Å². The zero-order valence-electron chi connectivity index (χ0n) is 8.61. The molecule has 0 aliphatic carbocycles. The number of aryl methyl sites for hydroxylation is 1. The molecule has 0 radical (unpaired) electrons. The molecule has 0 atom stereocenters. The molecule has 0 aliphatic heterocycles. The van der Waals surface area contributed by atoms with Gasteiger partial charge in [-0.05, 0) is 34.5 Å². The lowest BCUT2D eigenvalue weighted by atomic mass is 10.3. The second-order valence-electron chi connectivity index (χ2n) is 3.38. The van der Waals surface area contributed by atoms with Crippen LogP contribution in [0.25, 0.3) is 5.52 Å². The fourth-order valence-electron chi connectivity index (χ4n) is 1.62. The summed E-state index contributed by atoms with van der Waals surface area (Å²) in [6, 6.07) is 6.09. The second kappa shape index (κ2) is 4.77. The van der Waals surface area contributed by atoms with E-state index in [1.165, 1.54) is 0 Å². The summed E-state index contributed by atoms with van der Waals surface area (Å²) in [5.74, 6) is 1.08. The van der Waals surface area contributed by atoms with Crippen LogP contribution in [-0.2, 0) is 11.2 Å². The summed E-state index contributed by atoms with van der Waals surface area (Å²) in [4.78, 5) is 4.41. The lowest BCUT2D eigenvalue weighted by molar-refractivity contribution is 0.194. The molecular weight excluding hydrogens is 256 g/mol. The lowest BCUT2D eigenvalue weighted by Gasteiger charge is -2.03. The highest BCUT2D eigenvalue weighted by Crippen LogP contribution is 2.16. The van der Waals surface area contributed by atoms with Crippen LogP contribution >= 0.6 is 15.9 Å². The molecule has 0 amide bonds. The molecule has 0 aromatic carbocycles. The summed E-state index contributed by atoms with van der Waals surface area (Å²) < 4.78 is 8.20. The van der Waals surface area contributed by atoms with Crippen molar-refractivity contribution in [3.8, 4) is 0 Å². The maximum atomic E-state index is 5.03. The van der Waals surface area contributed by atoms with Gasteiger partial charge in [0.15, 0.2) is 0 Å². The van der Waals surface area contributed by atoms with E-state index < -0.39 is 0 Å². The van der Waals surface area contributed by atoms with E-state index in [-0.39, 0.29) is 0 Å². The number of rotatable bonds is 4. The maximum absolute atomic E-state index is 5.03. The number of hydrogen-bond donors (Lipinski definition) is 0. The Bertz CT molecular complexity index is 453. The number of pyridine rings is 1. The lowest BCUT2D eigenvalue weighted by Crippen LogP contribution is -1.99. The number of methoxy groups -OCH3 is 1. The molecule has 0 N–H and O–H groups in total. The van der Waals surface area contributed by atoms with Crippen molar-refractivity contribution in [2.45, 2.75) is 12.8 Å². The Morgan fingerprint density at radius 3 is 3.13 bits per heavy atom. The molecule has 0 bridgehead atoms. The summed E-state index contributed by atoms with van der Waals surface area (Å²) in [6.07, 6.45) is 3.83. The van der Waals surface area contributed by atoms with Gasteiger partial charge in [-0.2, -0.15) is 0 Å². The van der Waals surface area contributed by atoms with Gasteiger partial charge in [0.25, 0.3) is 0 Å². The average molecular weight is 269 g/mol. The molecule has 3 nitrogen and oxygen atoms in total. The number of hydrogen-bond acceptors (Lipinski definition) is 2. The molecule has 80 valence electrons. The Morgan fingerprint density at radius 2 is 2.33 bits per heavy atom. The summed E-state index contributed by atoms with van der Waals surface area (Å²) in [5, 5.41) is 0. The van der Waals surface area contributed by atoms with E-state index in [1.807, 2.05) is 18.3 Å². The first kappa shape index (κ1) is 10.6. The Balaban J connectivity index is 2.27. The van der Waals surface area contributed by atoms with Crippen LogP contribution in [0.5, 0.6) is 0 Å². The van der Waals surface area contributed by atoms with Crippen molar-refractivity contribution in [1.82, 2.24) is 9.38 Å². The Morgan fingerprint density at radius 1 is 1.47 bits per heavy atom. The van der Waals surface area contributed by atoms with Crippen molar-refractivity contribution >= 4 is 21.4 Å². The summed E-state index contributed by atoms with van der Waals surface area (Å²) >= 11 is 3.53. The Hall–Kier alpha value is -0.870. The number of nitrogens with zero attached hydrogens (tertiary/aromatic N) is 2. The van der Waals surface area contributed by atoms with E-state index in [1.54, 1.807) is 7.11 Å². The molecule has 0 aliphatic rings. The van der Waals surface area contributed by atoms with Crippen LogP contribution in [0.1, 0.15) is 12.2 Å². The van der Waals surface area contributed by atoms with Crippen molar-refractivity contribution in [3.05, 3.63) is 34.8 Å². The van der Waals surface area contributed by atoms with Crippen LogP contribution in [0.2, 0.25) is 0 Å². The SMILES string of the molecule is COCCCc1ncc2cccc(Br)n12. The van der Waals surface area contributed by atoms with E-state index in [2.05, 4.69) is 31.4 Å². The summed E-state index contributed by atoms with van der Waals surface area (Å²) in [7, 11) is 1.72. The molecule has 4 heteroatoms. The molecular formula is C11H13BrN2O. The highest BCUT2D eigenvalue weighted by Gasteiger charge is 2.05. The predicted octanol–water partition coefficient (Wildman–Crippen LogP) is 2.68. The molecule has 15 heavy (non-hydrogen) atoms. The molecule has 2 aromatic rings. The fraction of sp³-hybridized carbons (Fsp3) is 0.364. The standard InChI is InChI=1S/C11H13BrN2O/c1-15-7-3-6-11-13-8-9-4-2-5-10(12)14(9)11/h2,4-5,8H,3,6-7H2,1H3. The monoisotopic (exact) mass is 268 g/mol. The van der Waals surface area contributed by atoms with Gasteiger partial charge in [-0.25, -0.2) is 4.98 Å². The minimum Gasteiger partial charge on any atom is -0.385 e. The van der Waals surface area contributed by atoms with E-state index in [0.29, 0.717) is 0 Å². The molecule has 2 aromatic heterocycles. The topological polar surface area (TPSA) is 26.5 Å². The van der Waals surface area contributed by atoms with E-state index in [4.69, 9.17) is 4.74 Å². The maximum Gasteiger partial charge on any atom is 0.114 e. The van der Waals surface area contributed by atoms with Gasteiger partial charge < -0.3 is 4.74 Å². The fourth-order valence-corrected chi connectivity index (χ4v) is 2.18. The number of fused-ring (bicyclic) bond motifs is 1. The van der Waals surface area contributed by atoms with Crippen molar-refractivity contribution in [1.29, 1.82) is 0 Å². The quantitative estimate of drug-likeness (QED) is 0.630. The van der Waals surface area contributed by atoms with E-state index in [0.717, 1.165) is 35.4 Å². The van der Waals surface area contributed by atoms with Crippen LogP contribution < -0.4 is 0 Å². The molecule has 0 saturated heterocycles. The van der Waals surface area contributed by atoms with Gasteiger partial charge in [-0.1, -0.05) is 6.07 Å². The highest BCUT2D eigenvalue weighted by molar-refractivity contribution is 9.10. The number of imidazole rings is 1. The zero-order valence-corrected chi connectivity index (χ0v) is 10.2. The Labute approximate surface area is 97.2 Å². The second-order valence-corrected chi connectivity index (χ2v) is 4.19. The van der Waals surface area contributed by atoms with Crippen LogP contribution in [0, 0.1) is 0 Å². The average Bonchev–Trinajstić information content (AvgIpc) is 2.63. The van der Waals surface area contributed by atoms with Crippen LogP contribution in [0.15, 0.2) is 29.0 Å². The van der Waals surface area contributed by atoms with Crippen molar-refractivity contribution in [2.24, 2.45) is 0 Å². The van der Waals surface area contributed by atoms with Crippen LogP contribution in [0.3, 0.4) is 0 Å². The molecule has 0 saturated carbocycles. The van der Waals surface area contributed by atoms with Crippen molar-refractivity contribution in [2.75, 3.05) is 13.7 Å². The first-order chi connectivity index (χ1) is 7.33. The van der Waals surface area contributed by atoms with Gasteiger partial charge in [0.1, 0.15) is 5.82 Å². The molecule has 0 spiro atoms. The first-order valence-electron chi connectivity index (χ1n) is 4.92. The first-order valence-corrected chi connectivity index (χ1v) is 5.72. The summed E-state index contributed by atoms with van der Waals surface area (Å²) in [6.45, 7) is 0.777. The third-order valence-electron chi connectivity index (χ3n) is 2.33. The Kier molecular flexibility index (Phi) is 3.38. The van der Waals surface area contributed by atoms with Crippen LogP contribution in [0.4, 0.5) is 0 Å². The summed E-state index contributed by atoms with van der Waals surface area (Å²) in [5.41, 5.74) is 1.12. The number of halogens is 1. The van der Waals surface area contributed by atoms with Gasteiger partial charge in [-0.15, -0.1) is 0 Å². The third-order valence-corrected chi connectivity index (χ3v) is 2.94. The van der Waals surface area contributed by atoms with Gasteiger partial charge in [-0.3, -0.25) is 4.40 Å². The minimum absolute atomic E-state index is 0.777. The van der Waals surface area contributed by atoms with Crippen LogP contribution in [-0.4, -0.2) is 23.1 Å². The van der Waals surface area contributed by atoms with Gasteiger partial charge in [0.05, 0.1) is 16.3 Å². The zero-order chi connectivity index (χ0) is 10.7. The van der Waals surface area contributed by atoms with Gasteiger partial charge in [0.2, 0.25) is 0 Å². The van der Waals surface area contributed by atoms with Crippen molar-refractivity contribution in [3.63, 3.8) is 0 Å². The highest BCUT2D eigenvalue weighted by atomic mass is 79.9. The molecule has 2 heterocycles. The normalized spacial score (nSPS) is 11.1. The van der Waals surface area contributed by atoms with E-state index in [9.17, 15) is 0 Å². The van der Waals surface area contributed by atoms with Gasteiger partial charge in [0, 0.05) is 20.1 Å². The number of aromatic nitrogens is 2. The molecule has 0 fully saturated rings. The number of ether oxygens (including phenoxy) is 1. The predicted molar refractivity (Wildman–Crippen MR) is 63.1 cm³/mol. The minimum atomic E-state index is 0.777. The molecule has 0 unspecified atom stereocenters. The largest absolute Gasteiger partial charge is 0.385 e. The van der Waals surface area contributed by atoms with Crippen molar-refractivity contribution < 1.29 is 4.74 Å².